The molecule has 29 heavy (non-hydrogen) atoms. The fraction of sp³-hybridized carbons (Fsp3) is 0.0952. The van der Waals surface area contributed by atoms with Crippen molar-refractivity contribution >= 4 is 40.1 Å². The summed E-state index contributed by atoms with van der Waals surface area (Å²) in [6.45, 7) is 2.10. The van der Waals surface area contributed by atoms with Crippen LogP contribution in [0.4, 0.5) is 15.9 Å². The number of nitrogens with one attached hydrogen (secondary N) is 2. The lowest BCUT2D eigenvalue weighted by molar-refractivity contribution is 0.0526. The van der Waals surface area contributed by atoms with Gasteiger partial charge in [0.2, 0.25) is 0 Å². The van der Waals surface area contributed by atoms with Crippen LogP contribution >= 0.6 is 11.6 Å². The molecule has 0 aliphatic heterocycles. The van der Waals surface area contributed by atoms with Gasteiger partial charge in [0.05, 0.1) is 22.6 Å². The standard InChI is InChI=1S/C21H16ClFN4O2/c1-2-29-21(28)13-5-3-12(4-6-13)18-10-15-19(24-11-25-20(15)27-18)26-14-7-8-17(23)16(22)9-14/h3-11H,2H2,1H3,(H2,24,25,26,27). The van der Waals surface area contributed by atoms with Crippen molar-refractivity contribution in [3.8, 4) is 11.3 Å². The number of rotatable bonds is 5. The molecule has 0 bridgehead atoms. The molecule has 8 heteroatoms. The smallest absolute Gasteiger partial charge is 0.338 e. The number of hydrogen-bond donors (Lipinski definition) is 2. The van der Waals surface area contributed by atoms with Crippen LogP contribution in [0.2, 0.25) is 5.02 Å². The van der Waals surface area contributed by atoms with Crippen LogP contribution in [0, 0.1) is 5.82 Å². The first-order valence-electron chi connectivity index (χ1n) is 8.88. The van der Waals surface area contributed by atoms with Crippen LogP contribution in [0.25, 0.3) is 22.3 Å². The number of hydrogen-bond acceptors (Lipinski definition) is 5. The van der Waals surface area contributed by atoms with E-state index in [9.17, 15) is 9.18 Å². The average molecular weight is 411 g/mol. The Balaban J connectivity index is 1.65. The minimum absolute atomic E-state index is 0.0248. The van der Waals surface area contributed by atoms with Gasteiger partial charge in [-0.15, -0.1) is 0 Å². The van der Waals surface area contributed by atoms with E-state index in [0.29, 0.717) is 29.3 Å². The summed E-state index contributed by atoms with van der Waals surface area (Å²) in [6, 6.07) is 13.4. The van der Waals surface area contributed by atoms with Crippen LogP contribution in [0.15, 0.2) is 54.9 Å². The second-order valence-corrected chi connectivity index (χ2v) is 6.63. The number of anilines is 2. The van der Waals surface area contributed by atoms with Crippen LogP contribution < -0.4 is 5.32 Å². The number of ether oxygens (including phenoxy) is 1. The van der Waals surface area contributed by atoms with Gasteiger partial charge < -0.3 is 15.0 Å². The van der Waals surface area contributed by atoms with E-state index in [2.05, 4.69) is 20.3 Å². The predicted molar refractivity (Wildman–Crippen MR) is 110 cm³/mol. The van der Waals surface area contributed by atoms with Crippen molar-refractivity contribution in [2.45, 2.75) is 6.92 Å². The van der Waals surface area contributed by atoms with Crippen molar-refractivity contribution in [1.82, 2.24) is 15.0 Å². The molecule has 2 aromatic heterocycles. The number of esters is 1. The number of carbonyl (C=O) groups excluding carboxylic acids is 1. The van der Waals surface area contributed by atoms with Crippen LogP contribution in [0.5, 0.6) is 0 Å². The summed E-state index contributed by atoms with van der Waals surface area (Å²) >= 11 is 5.85. The van der Waals surface area contributed by atoms with Gasteiger partial charge >= 0.3 is 5.97 Å². The van der Waals surface area contributed by atoms with E-state index in [1.54, 1.807) is 25.1 Å². The zero-order valence-corrected chi connectivity index (χ0v) is 16.1. The van der Waals surface area contributed by atoms with E-state index in [1.807, 2.05) is 18.2 Å². The summed E-state index contributed by atoms with van der Waals surface area (Å²) < 4.78 is 18.4. The molecule has 2 N–H and O–H groups in total. The maximum Gasteiger partial charge on any atom is 0.338 e. The van der Waals surface area contributed by atoms with Crippen LogP contribution in [-0.2, 0) is 4.74 Å². The normalized spacial score (nSPS) is 10.9. The first-order valence-corrected chi connectivity index (χ1v) is 9.26. The Morgan fingerprint density at radius 3 is 2.69 bits per heavy atom. The van der Waals surface area contributed by atoms with Crippen molar-refractivity contribution in [2.75, 3.05) is 11.9 Å². The lowest BCUT2D eigenvalue weighted by Gasteiger charge is -2.06. The number of fused-ring (bicyclic) bond motifs is 1. The number of aromatic nitrogens is 3. The Morgan fingerprint density at radius 1 is 1.17 bits per heavy atom. The molecule has 0 atom stereocenters. The van der Waals surface area contributed by atoms with Crippen molar-refractivity contribution in [3.05, 3.63) is 71.3 Å². The van der Waals surface area contributed by atoms with E-state index in [1.165, 1.54) is 18.5 Å². The largest absolute Gasteiger partial charge is 0.462 e. The minimum Gasteiger partial charge on any atom is -0.462 e. The fourth-order valence-corrected chi connectivity index (χ4v) is 3.09. The van der Waals surface area contributed by atoms with E-state index in [0.717, 1.165) is 16.6 Å². The lowest BCUT2D eigenvalue weighted by Crippen LogP contribution is -2.03. The van der Waals surface area contributed by atoms with Crippen LogP contribution in [-0.4, -0.2) is 27.5 Å². The number of H-pyrrole nitrogens is 1. The Bertz CT molecular complexity index is 1190. The Morgan fingerprint density at radius 2 is 1.97 bits per heavy atom. The number of nitrogens with zero attached hydrogens (tertiary/aromatic N) is 2. The highest BCUT2D eigenvalue weighted by molar-refractivity contribution is 6.31. The third-order valence-electron chi connectivity index (χ3n) is 4.32. The molecule has 0 aliphatic carbocycles. The molecule has 4 rings (SSSR count). The van der Waals surface area contributed by atoms with Crippen LogP contribution in [0.3, 0.4) is 0 Å². The van der Waals surface area contributed by atoms with Crippen molar-refractivity contribution in [2.24, 2.45) is 0 Å². The number of halogens is 2. The number of benzene rings is 2. The topological polar surface area (TPSA) is 79.9 Å². The second-order valence-electron chi connectivity index (χ2n) is 6.22. The molecule has 0 saturated carbocycles. The Labute approximate surface area is 170 Å². The van der Waals surface area contributed by atoms with Gasteiger partial charge in [0.1, 0.15) is 23.6 Å². The summed E-state index contributed by atoms with van der Waals surface area (Å²) in [5.41, 5.74) is 3.43. The summed E-state index contributed by atoms with van der Waals surface area (Å²) in [4.78, 5) is 23.6. The van der Waals surface area contributed by atoms with Crippen molar-refractivity contribution < 1.29 is 13.9 Å². The molecule has 146 valence electrons. The van der Waals surface area contributed by atoms with Gasteiger partial charge in [-0.05, 0) is 48.9 Å². The lowest BCUT2D eigenvalue weighted by atomic mass is 10.1. The molecule has 0 unspecified atom stereocenters. The molecular weight excluding hydrogens is 395 g/mol. The zero-order valence-electron chi connectivity index (χ0n) is 15.4. The molecular formula is C21H16ClFN4O2. The second kappa shape index (κ2) is 7.89. The maximum atomic E-state index is 13.4. The zero-order chi connectivity index (χ0) is 20.4. The highest BCUT2D eigenvalue weighted by atomic mass is 35.5. The predicted octanol–water partition coefficient (Wildman–Crippen LogP) is 5.34. The average Bonchev–Trinajstić information content (AvgIpc) is 3.16. The molecule has 0 aliphatic rings. The third-order valence-corrected chi connectivity index (χ3v) is 4.60. The highest BCUT2D eigenvalue weighted by Crippen LogP contribution is 2.29. The summed E-state index contributed by atoms with van der Waals surface area (Å²) in [6.07, 6.45) is 1.43. The molecule has 0 fully saturated rings. The Hall–Kier alpha value is -3.45. The van der Waals surface area contributed by atoms with Gasteiger partial charge in [-0.3, -0.25) is 0 Å². The van der Waals surface area contributed by atoms with Crippen molar-refractivity contribution in [1.29, 1.82) is 0 Å². The summed E-state index contributed by atoms with van der Waals surface area (Å²) in [7, 11) is 0. The van der Waals surface area contributed by atoms with Gasteiger partial charge in [0.25, 0.3) is 0 Å². The maximum absolute atomic E-state index is 13.4. The van der Waals surface area contributed by atoms with Gasteiger partial charge in [0.15, 0.2) is 0 Å². The molecule has 4 aromatic rings. The molecule has 2 aromatic carbocycles. The summed E-state index contributed by atoms with van der Waals surface area (Å²) in [5.74, 6) is -0.283. The SMILES string of the molecule is CCOC(=O)c1ccc(-c2cc3c(Nc4ccc(F)c(Cl)c4)ncnc3[nH]2)cc1. The first-order chi connectivity index (χ1) is 14.0. The molecule has 0 amide bonds. The molecule has 0 saturated heterocycles. The first kappa shape index (κ1) is 18.9. The van der Waals surface area contributed by atoms with Crippen LogP contribution in [0.1, 0.15) is 17.3 Å². The van der Waals surface area contributed by atoms with Gasteiger partial charge in [-0.1, -0.05) is 23.7 Å². The van der Waals surface area contributed by atoms with Gasteiger partial charge in [-0.2, -0.15) is 0 Å². The van der Waals surface area contributed by atoms with Gasteiger partial charge in [-0.25, -0.2) is 19.2 Å². The number of carbonyl (C=O) groups is 1. The molecule has 6 nitrogen and oxygen atoms in total. The summed E-state index contributed by atoms with van der Waals surface area (Å²) in [5, 5.41) is 3.92. The van der Waals surface area contributed by atoms with E-state index in [4.69, 9.17) is 16.3 Å². The van der Waals surface area contributed by atoms with Crippen molar-refractivity contribution in [3.63, 3.8) is 0 Å². The quantitative estimate of drug-likeness (QED) is 0.434. The molecule has 0 spiro atoms. The molecule has 2 heterocycles. The van der Waals surface area contributed by atoms with Gasteiger partial charge in [0, 0.05) is 11.4 Å². The monoisotopic (exact) mass is 410 g/mol. The minimum atomic E-state index is -0.486. The Kier molecular flexibility index (Phi) is 5.14. The van der Waals surface area contributed by atoms with E-state index < -0.39 is 5.82 Å². The van der Waals surface area contributed by atoms with E-state index in [-0.39, 0.29) is 11.0 Å². The number of aromatic amines is 1. The third kappa shape index (κ3) is 3.90. The van der Waals surface area contributed by atoms with E-state index >= 15 is 0 Å². The highest BCUT2D eigenvalue weighted by Gasteiger charge is 2.12. The fourth-order valence-electron chi connectivity index (χ4n) is 2.91. The molecule has 0 radical (unpaired) electrons.